The van der Waals surface area contributed by atoms with Crippen molar-refractivity contribution in [2.75, 3.05) is 17.7 Å². The largest absolute Gasteiger partial charge is 0.490 e. The van der Waals surface area contributed by atoms with Crippen LogP contribution in [0.15, 0.2) is 30.3 Å². The Morgan fingerprint density at radius 3 is 2.38 bits per heavy atom. The van der Waals surface area contributed by atoms with Crippen LogP contribution in [0.3, 0.4) is 0 Å². The highest BCUT2D eigenvalue weighted by atomic mass is 19.1. The Bertz CT molecular complexity index is 627. The minimum Gasteiger partial charge on any atom is -0.490 e. The van der Waals surface area contributed by atoms with E-state index in [0.717, 1.165) is 18.2 Å². The number of rotatable bonds is 5. The third-order valence-electron chi connectivity index (χ3n) is 2.79. The molecular formula is C15H15F3N2O. The van der Waals surface area contributed by atoms with E-state index in [2.05, 4.69) is 5.32 Å². The molecule has 0 aromatic heterocycles. The number of nitrogens with two attached hydrogens (primary N) is 1. The lowest BCUT2D eigenvalue weighted by molar-refractivity contribution is 0.301. The van der Waals surface area contributed by atoms with Crippen molar-refractivity contribution in [3.8, 4) is 5.75 Å². The first-order chi connectivity index (χ1) is 10.0. The summed E-state index contributed by atoms with van der Waals surface area (Å²) < 4.78 is 46.1. The van der Waals surface area contributed by atoms with E-state index >= 15 is 0 Å². The molecule has 2 aromatic carbocycles. The minimum absolute atomic E-state index is 0.0229. The number of anilines is 3. The van der Waals surface area contributed by atoms with Crippen molar-refractivity contribution in [1.29, 1.82) is 0 Å². The van der Waals surface area contributed by atoms with Crippen LogP contribution in [0.1, 0.15) is 13.3 Å². The summed E-state index contributed by atoms with van der Waals surface area (Å²) in [6, 6.07) is 5.80. The van der Waals surface area contributed by atoms with Crippen LogP contribution in [0, 0.1) is 17.5 Å². The van der Waals surface area contributed by atoms with Gasteiger partial charge in [0.15, 0.2) is 11.6 Å². The highest BCUT2D eigenvalue weighted by Crippen LogP contribution is 2.32. The second-order valence-corrected chi connectivity index (χ2v) is 4.44. The predicted octanol–water partition coefficient (Wildman–Crippen LogP) is 4.22. The van der Waals surface area contributed by atoms with Gasteiger partial charge in [-0.1, -0.05) is 13.0 Å². The molecule has 3 nitrogen and oxygen atoms in total. The van der Waals surface area contributed by atoms with Crippen molar-refractivity contribution < 1.29 is 17.9 Å². The van der Waals surface area contributed by atoms with Gasteiger partial charge in [0.1, 0.15) is 17.3 Å². The molecule has 0 atom stereocenters. The molecule has 0 radical (unpaired) electrons. The van der Waals surface area contributed by atoms with Gasteiger partial charge in [-0.25, -0.2) is 13.2 Å². The van der Waals surface area contributed by atoms with E-state index in [0.29, 0.717) is 13.0 Å². The average molecular weight is 296 g/mol. The monoisotopic (exact) mass is 296 g/mol. The van der Waals surface area contributed by atoms with Crippen molar-refractivity contribution in [3.63, 3.8) is 0 Å². The smallest absolute Gasteiger partial charge is 0.167 e. The normalized spacial score (nSPS) is 10.5. The lowest BCUT2D eigenvalue weighted by Gasteiger charge is -2.14. The zero-order chi connectivity index (χ0) is 15.4. The van der Waals surface area contributed by atoms with E-state index in [1.54, 1.807) is 0 Å². The topological polar surface area (TPSA) is 47.3 Å². The zero-order valence-electron chi connectivity index (χ0n) is 11.4. The van der Waals surface area contributed by atoms with Gasteiger partial charge in [0.2, 0.25) is 0 Å². The van der Waals surface area contributed by atoms with Gasteiger partial charge in [0, 0.05) is 12.1 Å². The van der Waals surface area contributed by atoms with Gasteiger partial charge in [0.25, 0.3) is 0 Å². The number of benzene rings is 2. The van der Waals surface area contributed by atoms with Crippen LogP contribution < -0.4 is 15.8 Å². The molecule has 0 unspecified atom stereocenters. The molecule has 0 amide bonds. The Hall–Kier alpha value is -2.37. The van der Waals surface area contributed by atoms with Crippen LogP contribution in [0.25, 0.3) is 0 Å². The fraction of sp³-hybridized carbons (Fsp3) is 0.200. The van der Waals surface area contributed by atoms with E-state index in [9.17, 15) is 13.2 Å². The van der Waals surface area contributed by atoms with Crippen LogP contribution in [0.2, 0.25) is 0 Å². The predicted molar refractivity (Wildman–Crippen MR) is 76.2 cm³/mol. The molecule has 21 heavy (non-hydrogen) atoms. The summed E-state index contributed by atoms with van der Waals surface area (Å²) in [7, 11) is 0. The number of hydrogen-bond acceptors (Lipinski definition) is 3. The number of hydrogen-bond donors (Lipinski definition) is 2. The Kier molecular flexibility index (Phi) is 4.57. The molecule has 0 aliphatic heterocycles. The van der Waals surface area contributed by atoms with E-state index in [4.69, 9.17) is 10.5 Å². The van der Waals surface area contributed by atoms with Gasteiger partial charge >= 0.3 is 0 Å². The molecule has 3 N–H and O–H groups in total. The number of ether oxygens (including phenoxy) is 1. The Labute approximate surface area is 120 Å². The summed E-state index contributed by atoms with van der Waals surface area (Å²) in [5.41, 5.74) is 5.51. The van der Waals surface area contributed by atoms with Crippen LogP contribution in [0.4, 0.5) is 30.2 Å². The van der Waals surface area contributed by atoms with E-state index in [-0.39, 0.29) is 22.8 Å². The summed E-state index contributed by atoms with van der Waals surface area (Å²) in [6.45, 7) is 2.21. The molecule has 0 saturated heterocycles. The third kappa shape index (κ3) is 3.39. The summed E-state index contributed by atoms with van der Waals surface area (Å²) in [5.74, 6) is -2.18. The Morgan fingerprint density at radius 2 is 1.76 bits per heavy atom. The van der Waals surface area contributed by atoms with Gasteiger partial charge in [-0.3, -0.25) is 0 Å². The Morgan fingerprint density at radius 1 is 1.10 bits per heavy atom. The first kappa shape index (κ1) is 15.0. The molecule has 0 heterocycles. The lowest BCUT2D eigenvalue weighted by atomic mass is 10.2. The molecule has 0 aliphatic carbocycles. The SMILES string of the molecule is CCCOc1cc(Nc2c(F)cccc2F)c(N)cc1F. The molecule has 2 rings (SSSR count). The summed E-state index contributed by atoms with van der Waals surface area (Å²) >= 11 is 0. The first-order valence-electron chi connectivity index (χ1n) is 6.45. The van der Waals surface area contributed by atoms with E-state index < -0.39 is 17.5 Å². The van der Waals surface area contributed by atoms with Crippen LogP contribution in [0.5, 0.6) is 5.75 Å². The highest BCUT2D eigenvalue weighted by molar-refractivity contribution is 5.74. The maximum Gasteiger partial charge on any atom is 0.167 e. The molecule has 2 aromatic rings. The minimum atomic E-state index is -0.769. The standard InChI is InChI=1S/C15H15F3N2O/c1-2-6-21-14-8-13(12(19)7-11(14)18)20-15-9(16)4-3-5-10(15)17/h3-5,7-8,20H,2,6,19H2,1H3. The van der Waals surface area contributed by atoms with Gasteiger partial charge in [-0.2, -0.15) is 0 Å². The summed E-state index contributed by atoms with van der Waals surface area (Å²) in [4.78, 5) is 0. The van der Waals surface area contributed by atoms with Crippen molar-refractivity contribution in [3.05, 3.63) is 47.8 Å². The van der Waals surface area contributed by atoms with Crippen molar-refractivity contribution in [2.45, 2.75) is 13.3 Å². The molecular weight excluding hydrogens is 281 g/mol. The van der Waals surface area contributed by atoms with Gasteiger partial charge < -0.3 is 15.8 Å². The fourth-order valence-electron chi connectivity index (χ4n) is 1.75. The number of halogens is 3. The second-order valence-electron chi connectivity index (χ2n) is 4.44. The molecule has 0 bridgehead atoms. The Balaban J connectivity index is 2.35. The molecule has 112 valence electrons. The molecule has 0 saturated carbocycles. The molecule has 0 spiro atoms. The number of nitrogen functional groups attached to an aromatic ring is 1. The van der Waals surface area contributed by atoms with E-state index in [1.807, 2.05) is 6.92 Å². The molecule has 6 heteroatoms. The number of para-hydroxylation sites is 1. The molecule has 0 fully saturated rings. The lowest BCUT2D eigenvalue weighted by Crippen LogP contribution is -2.04. The maximum absolute atomic E-state index is 13.7. The van der Waals surface area contributed by atoms with Gasteiger partial charge in [-0.15, -0.1) is 0 Å². The van der Waals surface area contributed by atoms with Gasteiger partial charge in [0.05, 0.1) is 18.0 Å². The van der Waals surface area contributed by atoms with Gasteiger partial charge in [-0.05, 0) is 18.6 Å². The van der Waals surface area contributed by atoms with Crippen LogP contribution in [-0.4, -0.2) is 6.61 Å². The zero-order valence-corrected chi connectivity index (χ0v) is 11.4. The quantitative estimate of drug-likeness (QED) is 0.812. The van der Waals surface area contributed by atoms with Crippen LogP contribution >= 0.6 is 0 Å². The van der Waals surface area contributed by atoms with Crippen molar-refractivity contribution in [2.24, 2.45) is 0 Å². The number of nitrogens with one attached hydrogen (secondary N) is 1. The first-order valence-corrected chi connectivity index (χ1v) is 6.45. The fourth-order valence-corrected chi connectivity index (χ4v) is 1.75. The maximum atomic E-state index is 13.7. The highest BCUT2D eigenvalue weighted by Gasteiger charge is 2.13. The van der Waals surface area contributed by atoms with E-state index in [1.165, 1.54) is 12.1 Å². The molecule has 0 aliphatic rings. The second kappa shape index (κ2) is 6.39. The van der Waals surface area contributed by atoms with Crippen molar-refractivity contribution >= 4 is 17.1 Å². The summed E-state index contributed by atoms with van der Waals surface area (Å²) in [5, 5.41) is 2.53. The van der Waals surface area contributed by atoms with Crippen molar-refractivity contribution in [1.82, 2.24) is 0 Å². The third-order valence-corrected chi connectivity index (χ3v) is 2.79. The summed E-state index contributed by atoms with van der Waals surface area (Å²) in [6.07, 6.45) is 0.703. The average Bonchev–Trinajstić information content (AvgIpc) is 2.44. The van der Waals surface area contributed by atoms with Crippen LogP contribution in [-0.2, 0) is 0 Å².